The van der Waals surface area contributed by atoms with Crippen molar-refractivity contribution in [2.24, 2.45) is 0 Å². The summed E-state index contributed by atoms with van der Waals surface area (Å²) < 4.78 is 16.8. The minimum atomic E-state index is -0.688. The van der Waals surface area contributed by atoms with Gasteiger partial charge in [-0.1, -0.05) is 19.1 Å². The number of amides is 1. The summed E-state index contributed by atoms with van der Waals surface area (Å²) in [5, 5.41) is 11.3. The summed E-state index contributed by atoms with van der Waals surface area (Å²) in [6.45, 7) is 10.9. The van der Waals surface area contributed by atoms with Crippen LogP contribution in [0.2, 0.25) is 0 Å². The van der Waals surface area contributed by atoms with E-state index in [4.69, 9.17) is 14.2 Å². The normalized spacial score (nSPS) is 19.8. The summed E-state index contributed by atoms with van der Waals surface area (Å²) in [7, 11) is 0. The largest absolute Gasteiger partial charge is 0.507 e. The van der Waals surface area contributed by atoms with E-state index in [9.17, 15) is 14.7 Å². The molecule has 0 unspecified atom stereocenters. The molecule has 2 fully saturated rings. The molecular weight excluding hydrogens is 484 g/mol. The molecule has 0 spiro atoms. The van der Waals surface area contributed by atoms with Crippen molar-refractivity contribution >= 4 is 17.4 Å². The zero-order chi connectivity index (χ0) is 27.1. The van der Waals surface area contributed by atoms with Gasteiger partial charge in [0.15, 0.2) is 0 Å². The fourth-order valence-electron chi connectivity index (χ4n) is 4.83. The molecule has 204 valence electrons. The Morgan fingerprint density at radius 2 is 1.66 bits per heavy atom. The number of hydrogen-bond donors (Lipinski definition) is 1. The van der Waals surface area contributed by atoms with Crippen molar-refractivity contribution in [2.75, 3.05) is 46.0 Å². The van der Waals surface area contributed by atoms with Gasteiger partial charge >= 0.3 is 0 Å². The molecule has 4 rings (SSSR count). The van der Waals surface area contributed by atoms with Crippen LogP contribution < -0.4 is 9.47 Å². The van der Waals surface area contributed by atoms with Gasteiger partial charge in [-0.15, -0.1) is 0 Å². The van der Waals surface area contributed by atoms with E-state index < -0.39 is 17.7 Å². The van der Waals surface area contributed by atoms with Crippen LogP contribution in [0.15, 0.2) is 54.1 Å². The van der Waals surface area contributed by atoms with Gasteiger partial charge in [-0.3, -0.25) is 14.5 Å². The molecule has 0 aliphatic carbocycles. The number of aliphatic hydroxyl groups is 1. The highest BCUT2D eigenvalue weighted by Crippen LogP contribution is 2.40. The second-order valence-electron chi connectivity index (χ2n) is 9.91. The minimum Gasteiger partial charge on any atom is -0.507 e. The van der Waals surface area contributed by atoms with E-state index in [0.29, 0.717) is 44.1 Å². The number of morpholine rings is 1. The van der Waals surface area contributed by atoms with Gasteiger partial charge < -0.3 is 24.2 Å². The van der Waals surface area contributed by atoms with Crippen LogP contribution in [0.1, 0.15) is 50.8 Å². The van der Waals surface area contributed by atoms with Crippen LogP contribution >= 0.6 is 0 Å². The molecule has 0 aromatic heterocycles. The van der Waals surface area contributed by atoms with Gasteiger partial charge in [-0.05, 0) is 68.7 Å². The average Bonchev–Trinajstić information content (AvgIpc) is 3.17. The lowest BCUT2D eigenvalue weighted by atomic mass is 9.95. The van der Waals surface area contributed by atoms with Crippen LogP contribution in [0.5, 0.6) is 11.5 Å². The number of benzene rings is 2. The minimum absolute atomic E-state index is 0.0153. The van der Waals surface area contributed by atoms with Crippen LogP contribution in [0.4, 0.5) is 0 Å². The van der Waals surface area contributed by atoms with Crippen LogP contribution in [0.3, 0.4) is 0 Å². The topological polar surface area (TPSA) is 88.5 Å². The number of Topliss-reactive ketones (excluding diaryl/α,β-unsaturated/α-hetero) is 1. The van der Waals surface area contributed by atoms with Gasteiger partial charge in [-0.2, -0.15) is 0 Å². The smallest absolute Gasteiger partial charge is 0.295 e. The van der Waals surface area contributed by atoms with E-state index in [0.717, 1.165) is 37.4 Å². The van der Waals surface area contributed by atoms with Gasteiger partial charge in [0.1, 0.15) is 17.3 Å². The molecule has 1 N–H and O–H groups in total. The van der Waals surface area contributed by atoms with Gasteiger partial charge in [0.05, 0.1) is 37.5 Å². The lowest BCUT2D eigenvalue weighted by Gasteiger charge is -2.29. The summed E-state index contributed by atoms with van der Waals surface area (Å²) in [6, 6.07) is 13.6. The molecule has 2 aliphatic rings. The van der Waals surface area contributed by atoms with Crippen LogP contribution in [-0.2, 0) is 14.3 Å². The number of rotatable bonds is 11. The second kappa shape index (κ2) is 12.9. The molecule has 2 saturated heterocycles. The Hall–Kier alpha value is -3.36. The number of nitrogens with zero attached hydrogens (tertiary/aromatic N) is 2. The summed E-state index contributed by atoms with van der Waals surface area (Å²) >= 11 is 0. The van der Waals surface area contributed by atoms with Crippen molar-refractivity contribution in [3.05, 3.63) is 65.2 Å². The third-order valence-corrected chi connectivity index (χ3v) is 6.69. The highest BCUT2D eigenvalue weighted by Gasteiger charge is 2.45. The number of ketones is 1. The molecule has 0 saturated carbocycles. The summed E-state index contributed by atoms with van der Waals surface area (Å²) in [5.74, 6) is -0.0661. The summed E-state index contributed by atoms with van der Waals surface area (Å²) in [5.41, 5.74) is 1.31. The number of carbonyl (C=O) groups excluding carboxylic acids is 2. The maximum Gasteiger partial charge on any atom is 0.295 e. The molecule has 0 radical (unpaired) electrons. The van der Waals surface area contributed by atoms with Crippen LogP contribution in [0.25, 0.3) is 5.76 Å². The SMILES string of the molecule is CCCOc1ccc([C@H]2/C(=C(\O)c3ccc(OC(C)C)cc3)C(=O)C(=O)N2CCCN2CCOCC2)cc1. The Labute approximate surface area is 224 Å². The van der Waals surface area contributed by atoms with Crippen molar-refractivity contribution in [1.29, 1.82) is 0 Å². The van der Waals surface area contributed by atoms with E-state index >= 15 is 0 Å². The molecule has 2 aromatic carbocycles. The molecule has 1 amide bonds. The highest BCUT2D eigenvalue weighted by atomic mass is 16.5. The predicted molar refractivity (Wildman–Crippen MR) is 145 cm³/mol. The Bertz CT molecular complexity index is 1120. The number of ether oxygens (including phenoxy) is 3. The van der Waals surface area contributed by atoms with Crippen molar-refractivity contribution in [2.45, 2.75) is 45.8 Å². The highest BCUT2D eigenvalue weighted by molar-refractivity contribution is 6.46. The zero-order valence-corrected chi connectivity index (χ0v) is 22.5. The molecule has 2 heterocycles. The molecule has 0 bridgehead atoms. The van der Waals surface area contributed by atoms with E-state index in [1.807, 2.05) is 45.0 Å². The Morgan fingerprint density at radius 3 is 2.29 bits per heavy atom. The van der Waals surface area contributed by atoms with Crippen LogP contribution in [-0.4, -0.2) is 78.7 Å². The Balaban J connectivity index is 1.64. The van der Waals surface area contributed by atoms with Gasteiger partial charge in [0, 0.05) is 31.7 Å². The fraction of sp³-hybridized carbons (Fsp3) is 0.467. The first-order valence-electron chi connectivity index (χ1n) is 13.5. The lowest BCUT2D eigenvalue weighted by molar-refractivity contribution is -0.140. The number of hydrogen-bond acceptors (Lipinski definition) is 7. The van der Waals surface area contributed by atoms with Crippen molar-refractivity contribution in [3.63, 3.8) is 0 Å². The molecule has 1 atom stereocenters. The van der Waals surface area contributed by atoms with Crippen molar-refractivity contribution < 1.29 is 28.9 Å². The standard InChI is InChI=1S/C30H38N2O6/c1-4-18-37-24-10-6-22(7-11-24)27-26(28(33)23-8-12-25(13-9-23)38-21(2)3)29(34)30(35)32(27)15-5-14-31-16-19-36-20-17-31/h6-13,21,27,33H,4-5,14-20H2,1-3H3/b28-26+/t27-/m0/s1. The predicted octanol–water partition coefficient (Wildman–Crippen LogP) is 4.41. The molecule has 38 heavy (non-hydrogen) atoms. The van der Waals surface area contributed by atoms with Crippen molar-refractivity contribution in [1.82, 2.24) is 9.80 Å². The molecular formula is C30H38N2O6. The van der Waals surface area contributed by atoms with Crippen molar-refractivity contribution in [3.8, 4) is 11.5 Å². The molecule has 8 nitrogen and oxygen atoms in total. The number of likely N-dealkylation sites (tertiary alicyclic amines) is 1. The summed E-state index contributed by atoms with van der Waals surface area (Å²) in [4.78, 5) is 30.5. The van der Waals surface area contributed by atoms with E-state index in [-0.39, 0.29) is 17.4 Å². The molecule has 2 aromatic rings. The Kier molecular flexibility index (Phi) is 9.42. The van der Waals surface area contributed by atoms with Gasteiger partial charge in [0.25, 0.3) is 11.7 Å². The average molecular weight is 523 g/mol. The molecule has 8 heteroatoms. The lowest BCUT2D eigenvalue weighted by Crippen LogP contribution is -2.38. The third-order valence-electron chi connectivity index (χ3n) is 6.69. The quantitative estimate of drug-likeness (QED) is 0.266. The summed E-state index contributed by atoms with van der Waals surface area (Å²) in [6.07, 6.45) is 1.62. The first-order valence-corrected chi connectivity index (χ1v) is 13.5. The first kappa shape index (κ1) is 27.7. The van der Waals surface area contributed by atoms with E-state index in [2.05, 4.69) is 4.90 Å². The van der Waals surface area contributed by atoms with E-state index in [1.54, 1.807) is 29.2 Å². The fourth-order valence-corrected chi connectivity index (χ4v) is 4.83. The van der Waals surface area contributed by atoms with Crippen LogP contribution in [0, 0.1) is 0 Å². The maximum atomic E-state index is 13.3. The number of aliphatic hydroxyl groups excluding tert-OH is 1. The van der Waals surface area contributed by atoms with E-state index in [1.165, 1.54) is 0 Å². The zero-order valence-electron chi connectivity index (χ0n) is 22.5. The second-order valence-corrected chi connectivity index (χ2v) is 9.91. The van der Waals surface area contributed by atoms with Gasteiger partial charge in [0.2, 0.25) is 0 Å². The number of carbonyl (C=O) groups is 2. The molecule has 2 aliphatic heterocycles. The van der Waals surface area contributed by atoms with Gasteiger partial charge in [-0.25, -0.2) is 0 Å². The monoisotopic (exact) mass is 522 g/mol. The third kappa shape index (κ3) is 6.55. The Morgan fingerprint density at radius 1 is 1.00 bits per heavy atom. The maximum absolute atomic E-state index is 13.3. The first-order chi connectivity index (χ1) is 18.4.